The maximum Gasteiger partial charge on any atom is 0.227 e. The van der Waals surface area contributed by atoms with E-state index in [0.29, 0.717) is 0 Å². The Balaban J connectivity index is 0. The smallest absolute Gasteiger partial charge is 0.227 e. The average Bonchev–Trinajstić information content (AvgIpc) is 2.42. The first-order valence-electron chi connectivity index (χ1n) is 6.63. The number of hydrogen-bond donors (Lipinski definition) is 0. The maximum absolute atomic E-state index is 7.51. The van der Waals surface area contributed by atoms with E-state index in [-0.39, 0.29) is 6.04 Å². The van der Waals surface area contributed by atoms with E-state index in [9.17, 15) is 0 Å². The van der Waals surface area contributed by atoms with Gasteiger partial charge in [0, 0.05) is 18.9 Å². The Morgan fingerprint density at radius 3 is 2.00 bits per heavy atom. The van der Waals surface area contributed by atoms with Crippen molar-refractivity contribution in [3.8, 4) is 6.07 Å². The van der Waals surface area contributed by atoms with Gasteiger partial charge in [0.05, 0.1) is 6.07 Å². The number of hydrogen-bond acceptors (Lipinski definition) is 1. The Morgan fingerprint density at radius 2 is 1.75 bits per heavy atom. The summed E-state index contributed by atoms with van der Waals surface area (Å²) in [6.07, 6.45) is 4.40. The van der Waals surface area contributed by atoms with E-state index in [1.165, 1.54) is 17.2 Å². The quantitative estimate of drug-likeness (QED) is 0.263. The normalized spacial score (nSPS) is 16.2. The molecule has 0 aromatic heterocycles. The zero-order chi connectivity index (χ0) is 16.1. The Kier molecular flexibility index (Phi) is 12.2. The van der Waals surface area contributed by atoms with Crippen molar-refractivity contribution in [1.29, 1.82) is 5.26 Å². The molecule has 1 unspecified atom stereocenters. The molecule has 0 radical (unpaired) electrons. The second kappa shape index (κ2) is 12.0. The highest BCUT2D eigenvalue weighted by molar-refractivity contribution is 5.19. The van der Waals surface area contributed by atoms with Crippen LogP contribution in [0.2, 0.25) is 0 Å². The van der Waals surface area contributed by atoms with Gasteiger partial charge in [-0.25, -0.2) is 6.57 Å². The van der Waals surface area contributed by atoms with E-state index in [2.05, 4.69) is 38.4 Å². The van der Waals surface area contributed by atoms with Crippen molar-refractivity contribution in [2.75, 3.05) is 0 Å². The highest BCUT2D eigenvalue weighted by Crippen LogP contribution is 2.25. The molecule has 0 aromatic rings. The van der Waals surface area contributed by atoms with Gasteiger partial charge >= 0.3 is 0 Å². The van der Waals surface area contributed by atoms with Crippen LogP contribution >= 0.6 is 0 Å². The number of rotatable bonds is 1. The third-order valence-corrected chi connectivity index (χ3v) is 3.13. The summed E-state index contributed by atoms with van der Waals surface area (Å²) in [7, 11) is 0. The molecule has 0 aromatic carbocycles. The summed E-state index contributed by atoms with van der Waals surface area (Å²) >= 11 is 0. The van der Waals surface area contributed by atoms with E-state index < -0.39 is 0 Å². The van der Waals surface area contributed by atoms with Crippen LogP contribution in [0.15, 0.2) is 48.1 Å². The van der Waals surface area contributed by atoms with Crippen molar-refractivity contribution >= 4 is 0 Å². The standard InChI is InChI=1S/C9H13N.C6H10.C3H3N/c1-7-4-5-9(10-3)6-8(7)2;1-5(2)6(3)4;1-2-3-4/h9H,4-6H2,1-2H3;1,3H2,2,4H3;2H,1H2. The molecule has 1 atom stereocenters. The fourth-order valence-corrected chi connectivity index (χ4v) is 1.34. The zero-order valence-electron chi connectivity index (χ0n) is 13.3. The van der Waals surface area contributed by atoms with Crippen LogP contribution < -0.4 is 0 Å². The minimum Gasteiger partial charge on any atom is -0.313 e. The lowest BCUT2D eigenvalue weighted by atomic mass is 9.90. The van der Waals surface area contributed by atoms with Gasteiger partial charge in [0.15, 0.2) is 0 Å². The van der Waals surface area contributed by atoms with Crippen LogP contribution in [0.1, 0.15) is 47.0 Å². The third kappa shape index (κ3) is 11.1. The monoisotopic (exact) mass is 270 g/mol. The summed E-state index contributed by atoms with van der Waals surface area (Å²) in [6.45, 7) is 25.5. The second-order valence-electron chi connectivity index (χ2n) is 4.98. The molecule has 0 amide bonds. The first-order chi connectivity index (χ1) is 9.29. The molecule has 20 heavy (non-hydrogen) atoms. The number of nitriles is 1. The predicted molar refractivity (Wildman–Crippen MR) is 88.1 cm³/mol. The van der Waals surface area contributed by atoms with Crippen LogP contribution in [0.5, 0.6) is 0 Å². The molecule has 0 heterocycles. The van der Waals surface area contributed by atoms with Gasteiger partial charge in [-0.2, -0.15) is 5.26 Å². The number of allylic oxidation sites excluding steroid dienone is 4. The summed E-state index contributed by atoms with van der Waals surface area (Å²) in [5.74, 6) is 0. The fourth-order valence-electron chi connectivity index (χ4n) is 1.34. The van der Waals surface area contributed by atoms with Crippen molar-refractivity contribution in [3.05, 3.63) is 59.5 Å². The molecular formula is C18H26N2. The molecule has 0 saturated heterocycles. The molecule has 2 nitrogen and oxygen atoms in total. The van der Waals surface area contributed by atoms with Gasteiger partial charge in [0.1, 0.15) is 0 Å². The minimum atomic E-state index is 0.281. The molecule has 1 aliphatic rings. The Morgan fingerprint density at radius 1 is 1.30 bits per heavy atom. The van der Waals surface area contributed by atoms with Crippen molar-refractivity contribution < 1.29 is 0 Å². The summed E-state index contributed by atoms with van der Waals surface area (Å²) < 4.78 is 0. The lowest BCUT2D eigenvalue weighted by molar-refractivity contribution is 0.632. The first kappa shape index (κ1) is 20.3. The van der Waals surface area contributed by atoms with Crippen molar-refractivity contribution in [2.24, 2.45) is 0 Å². The number of nitrogens with zero attached hydrogens (tertiary/aromatic N) is 2. The molecule has 0 fully saturated rings. The molecule has 2 heteroatoms. The SMILES string of the molecule is C=C(C)C(=C)C.C=CC#N.[C-]#[N+]C1CCC(C)=C(C)C1. The highest BCUT2D eigenvalue weighted by Gasteiger charge is 2.19. The molecule has 0 spiro atoms. The van der Waals surface area contributed by atoms with Crippen LogP contribution in [-0.4, -0.2) is 6.04 Å². The van der Waals surface area contributed by atoms with Crippen molar-refractivity contribution in [2.45, 2.75) is 53.0 Å². The molecule has 0 aliphatic heterocycles. The molecule has 0 N–H and O–H groups in total. The predicted octanol–water partition coefficient (Wildman–Crippen LogP) is 5.63. The molecule has 108 valence electrons. The molecule has 1 rings (SSSR count). The van der Waals surface area contributed by atoms with E-state index in [0.717, 1.165) is 30.4 Å². The molecule has 1 aliphatic carbocycles. The Labute approximate surface area is 124 Å². The van der Waals surface area contributed by atoms with Gasteiger partial charge in [0.2, 0.25) is 6.04 Å². The maximum atomic E-state index is 7.51. The Hall–Kier alpha value is -2.06. The minimum absolute atomic E-state index is 0.281. The van der Waals surface area contributed by atoms with E-state index >= 15 is 0 Å². The van der Waals surface area contributed by atoms with E-state index in [4.69, 9.17) is 11.8 Å². The van der Waals surface area contributed by atoms with Gasteiger partial charge < -0.3 is 4.85 Å². The average molecular weight is 270 g/mol. The third-order valence-electron chi connectivity index (χ3n) is 3.13. The Bertz CT molecular complexity index is 441. The largest absolute Gasteiger partial charge is 0.313 e. The van der Waals surface area contributed by atoms with Crippen molar-refractivity contribution in [1.82, 2.24) is 0 Å². The van der Waals surface area contributed by atoms with Crippen LogP contribution in [0.25, 0.3) is 4.85 Å². The van der Waals surface area contributed by atoms with Crippen LogP contribution in [-0.2, 0) is 0 Å². The highest BCUT2D eigenvalue weighted by atomic mass is 14.7. The van der Waals surface area contributed by atoms with Gasteiger partial charge in [0.25, 0.3) is 0 Å². The van der Waals surface area contributed by atoms with E-state index in [1.54, 1.807) is 6.07 Å². The fraction of sp³-hybridized carbons (Fsp3) is 0.444. The van der Waals surface area contributed by atoms with Gasteiger partial charge in [-0.1, -0.05) is 42.0 Å². The topological polar surface area (TPSA) is 28.1 Å². The van der Waals surface area contributed by atoms with E-state index in [1.807, 2.05) is 13.8 Å². The first-order valence-corrected chi connectivity index (χ1v) is 6.63. The summed E-state index contributed by atoms with van der Waals surface area (Å²) in [5, 5.41) is 7.51. The molecule has 0 saturated carbocycles. The van der Waals surface area contributed by atoms with Gasteiger partial charge in [-0.3, -0.25) is 0 Å². The molecule has 0 bridgehead atoms. The van der Waals surface area contributed by atoms with Crippen LogP contribution in [0, 0.1) is 17.9 Å². The second-order valence-corrected chi connectivity index (χ2v) is 4.98. The summed E-state index contributed by atoms with van der Waals surface area (Å²) in [5.41, 5.74) is 5.07. The van der Waals surface area contributed by atoms with Crippen molar-refractivity contribution in [3.63, 3.8) is 0 Å². The zero-order valence-corrected chi connectivity index (χ0v) is 13.3. The molecular weight excluding hydrogens is 244 g/mol. The lowest BCUT2D eigenvalue weighted by Crippen LogP contribution is -2.09. The van der Waals surface area contributed by atoms with Crippen LogP contribution in [0.4, 0.5) is 0 Å². The van der Waals surface area contributed by atoms with Gasteiger partial charge in [-0.15, -0.1) is 0 Å². The lowest BCUT2D eigenvalue weighted by Gasteiger charge is -2.15. The van der Waals surface area contributed by atoms with Crippen LogP contribution in [0.3, 0.4) is 0 Å². The summed E-state index contributed by atoms with van der Waals surface area (Å²) in [4.78, 5) is 3.55. The van der Waals surface area contributed by atoms with Gasteiger partial charge in [-0.05, 0) is 34.1 Å². The summed E-state index contributed by atoms with van der Waals surface area (Å²) in [6, 6.07) is 1.98.